The van der Waals surface area contributed by atoms with Gasteiger partial charge in [-0.15, -0.1) is 5.10 Å². The Kier molecular flexibility index (Phi) is 5.90. The second-order valence-corrected chi connectivity index (χ2v) is 8.96. The number of nitrogens with one attached hydrogen (secondary N) is 2. The van der Waals surface area contributed by atoms with Crippen LogP contribution in [-0.2, 0) is 17.9 Å². The maximum atomic E-state index is 12.9. The molecule has 3 aromatic rings. The molecule has 2 N–H and O–H groups in total. The zero-order chi connectivity index (χ0) is 21.9. The van der Waals surface area contributed by atoms with Gasteiger partial charge in [0.15, 0.2) is 0 Å². The molecule has 7 nitrogen and oxygen atoms in total. The second-order valence-electron chi connectivity index (χ2n) is 8.96. The number of carbonyl (C=O) groups excluding carboxylic acids is 1. The molecule has 3 aliphatic rings. The lowest BCUT2D eigenvalue weighted by Gasteiger charge is -2.46. The number of benzene rings is 2. The first-order valence-corrected chi connectivity index (χ1v) is 11.4. The van der Waals surface area contributed by atoms with Crippen molar-refractivity contribution in [3.05, 3.63) is 66.4 Å². The van der Waals surface area contributed by atoms with Crippen LogP contribution in [-0.4, -0.2) is 47.1 Å². The molecule has 3 aliphatic heterocycles. The number of rotatable bonds is 7. The lowest BCUT2D eigenvalue weighted by molar-refractivity contribution is -0.945. The molecule has 1 aromatic heterocycles. The number of hydrogen-bond donors (Lipinski definition) is 2. The van der Waals surface area contributed by atoms with Crippen molar-refractivity contribution in [2.24, 2.45) is 11.8 Å². The minimum absolute atomic E-state index is 0.115. The van der Waals surface area contributed by atoms with E-state index < -0.39 is 0 Å². The van der Waals surface area contributed by atoms with Gasteiger partial charge in [-0.25, -0.2) is 4.68 Å². The Bertz CT molecular complexity index is 1050. The molecule has 3 saturated heterocycles. The first kappa shape index (κ1) is 20.7. The van der Waals surface area contributed by atoms with Crippen LogP contribution >= 0.6 is 0 Å². The number of hydrogen-bond acceptors (Lipinski definition) is 4. The summed E-state index contributed by atoms with van der Waals surface area (Å²) < 4.78 is 7.19. The predicted molar refractivity (Wildman–Crippen MR) is 121 cm³/mol. The number of ether oxygens (including phenoxy) is 1. The van der Waals surface area contributed by atoms with Crippen molar-refractivity contribution in [1.82, 2.24) is 20.3 Å². The summed E-state index contributed by atoms with van der Waals surface area (Å²) >= 11 is 0. The third-order valence-corrected chi connectivity index (χ3v) is 7.03. The highest BCUT2D eigenvalue weighted by Gasteiger charge is 2.46. The molecule has 4 atom stereocenters. The van der Waals surface area contributed by atoms with Gasteiger partial charge in [0.2, 0.25) is 5.91 Å². The molecular formula is C25H30N5O2+. The summed E-state index contributed by atoms with van der Waals surface area (Å²) in [6, 6.07) is 18.5. The third kappa shape index (κ3) is 4.39. The van der Waals surface area contributed by atoms with E-state index in [-0.39, 0.29) is 11.8 Å². The average molecular weight is 433 g/mol. The molecule has 1 unspecified atom stereocenters. The van der Waals surface area contributed by atoms with E-state index >= 15 is 0 Å². The molecule has 32 heavy (non-hydrogen) atoms. The van der Waals surface area contributed by atoms with Crippen molar-refractivity contribution in [3.63, 3.8) is 0 Å². The van der Waals surface area contributed by atoms with Crippen LogP contribution in [0.4, 0.5) is 0 Å². The first-order chi connectivity index (χ1) is 15.7. The highest BCUT2D eigenvalue weighted by Crippen LogP contribution is 2.28. The Hall–Kier alpha value is -3.19. The van der Waals surface area contributed by atoms with Crippen molar-refractivity contribution >= 4 is 5.91 Å². The minimum Gasteiger partial charge on any atom is -0.497 e. The summed E-state index contributed by atoms with van der Waals surface area (Å²) in [6.07, 6.45) is 4.22. The fraction of sp³-hybridized carbons (Fsp3) is 0.400. The maximum Gasteiger partial charge on any atom is 0.229 e. The van der Waals surface area contributed by atoms with Crippen molar-refractivity contribution in [1.29, 1.82) is 0 Å². The highest BCUT2D eigenvalue weighted by atomic mass is 16.5. The first-order valence-electron chi connectivity index (χ1n) is 11.4. The topological polar surface area (TPSA) is 73.5 Å². The van der Waals surface area contributed by atoms with E-state index in [0.717, 1.165) is 55.0 Å². The van der Waals surface area contributed by atoms with Crippen molar-refractivity contribution in [2.45, 2.75) is 32.0 Å². The van der Waals surface area contributed by atoms with E-state index in [9.17, 15) is 4.79 Å². The van der Waals surface area contributed by atoms with Crippen LogP contribution in [0, 0.1) is 11.8 Å². The Labute approximate surface area is 188 Å². The third-order valence-electron chi connectivity index (χ3n) is 7.03. The van der Waals surface area contributed by atoms with E-state index in [1.165, 1.54) is 4.90 Å². The molecule has 1 amide bonds. The van der Waals surface area contributed by atoms with Gasteiger partial charge in [-0.3, -0.25) is 4.79 Å². The largest absolute Gasteiger partial charge is 0.497 e. The van der Waals surface area contributed by atoms with E-state index in [2.05, 4.69) is 27.8 Å². The fourth-order valence-electron chi connectivity index (χ4n) is 5.24. The molecule has 0 radical (unpaired) electrons. The van der Waals surface area contributed by atoms with Gasteiger partial charge in [-0.05, 0) is 35.7 Å². The van der Waals surface area contributed by atoms with E-state index in [1.54, 1.807) is 7.11 Å². The molecule has 0 spiro atoms. The van der Waals surface area contributed by atoms with E-state index in [0.29, 0.717) is 18.5 Å². The van der Waals surface area contributed by atoms with Crippen LogP contribution in [0.15, 0.2) is 60.8 Å². The lowest BCUT2D eigenvalue weighted by Crippen LogP contribution is -3.20. The number of methoxy groups -OCH3 is 1. The Balaban J connectivity index is 1.18. The SMILES string of the molecule is COc1ccc(-c2cn(C[C@H]3C[C@@H]4CC[NH+]3C[C@@H]4C(=O)NCc3ccccc3)nn2)cc1. The highest BCUT2D eigenvalue weighted by molar-refractivity contribution is 5.79. The molecule has 4 heterocycles. The molecule has 3 fully saturated rings. The quantitative estimate of drug-likeness (QED) is 0.594. The van der Waals surface area contributed by atoms with Crippen LogP contribution in [0.2, 0.25) is 0 Å². The standard InChI is InChI=1S/C25H29N5O2/c1-32-22-9-7-19(8-10-22)24-17-30(28-27-24)15-21-13-20-11-12-29(21)16-23(20)25(31)26-14-18-5-3-2-4-6-18/h2-10,17,20-21,23H,11-16H2,1H3,(H,26,31)/p+1/t20-,21+,23-/m0/s1. The molecule has 2 aromatic carbocycles. The van der Waals surface area contributed by atoms with Crippen LogP contribution in [0.5, 0.6) is 5.75 Å². The van der Waals surface area contributed by atoms with Gasteiger partial charge in [0.05, 0.1) is 38.9 Å². The molecule has 7 heteroatoms. The molecule has 166 valence electrons. The minimum atomic E-state index is 0.115. The summed E-state index contributed by atoms with van der Waals surface area (Å²) in [6.45, 7) is 3.50. The van der Waals surface area contributed by atoms with Crippen LogP contribution in [0.3, 0.4) is 0 Å². The lowest BCUT2D eigenvalue weighted by atomic mass is 9.75. The molecular weight excluding hydrogens is 402 g/mol. The summed E-state index contributed by atoms with van der Waals surface area (Å²) in [5, 5.41) is 11.9. The summed E-state index contributed by atoms with van der Waals surface area (Å²) in [5.74, 6) is 1.61. The molecule has 2 bridgehead atoms. The number of carbonyl (C=O) groups is 1. The van der Waals surface area contributed by atoms with Gasteiger partial charge in [0, 0.05) is 24.9 Å². The van der Waals surface area contributed by atoms with Gasteiger partial charge in [-0.1, -0.05) is 35.5 Å². The summed E-state index contributed by atoms with van der Waals surface area (Å²) in [5.41, 5.74) is 3.05. The second kappa shape index (κ2) is 9.12. The van der Waals surface area contributed by atoms with Gasteiger partial charge in [0.25, 0.3) is 0 Å². The number of nitrogens with zero attached hydrogens (tertiary/aromatic N) is 3. The fourth-order valence-corrected chi connectivity index (χ4v) is 5.24. The number of quaternary nitrogens is 1. The molecule has 0 saturated carbocycles. The smallest absolute Gasteiger partial charge is 0.229 e. The van der Waals surface area contributed by atoms with Gasteiger partial charge < -0.3 is 15.0 Å². The van der Waals surface area contributed by atoms with Crippen molar-refractivity contribution in [2.75, 3.05) is 20.2 Å². The van der Waals surface area contributed by atoms with E-state index in [1.807, 2.05) is 53.3 Å². The molecule has 0 aliphatic carbocycles. The van der Waals surface area contributed by atoms with E-state index in [4.69, 9.17) is 4.74 Å². The number of aromatic nitrogens is 3. The molecule has 6 rings (SSSR count). The number of amides is 1. The maximum absolute atomic E-state index is 12.9. The zero-order valence-corrected chi connectivity index (χ0v) is 18.4. The van der Waals surface area contributed by atoms with Gasteiger partial charge in [0.1, 0.15) is 17.5 Å². The van der Waals surface area contributed by atoms with Crippen LogP contribution in [0.1, 0.15) is 18.4 Å². The number of fused-ring (bicyclic) bond motifs is 3. The van der Waals surface area contributed by atoms with Crippen molar-refractivity contribution < 1.29 is 14.4 Å². The van der Waals surface area contributed by atoms with Crippen LogP contribution in [0.25, 0.3) is 11.3 Å². The Morgan fingerprint density at radius 3 is 2.72 bits per heavy atom. The average Bonchev–Trinajstić information content (AvgIpc) is 3.32. The summed E-state index contributed by atoms with van der Waals surface area (Å²) in [7, 11) is 1.66. The van der Waals surface area contributed by atoms with Crippen molar-refractivity contribution in [3.8, 4) is 17.0 Å². The zero-order valence-electron chi connectivity index (χ0n) is 18.4. The number of piperidine rings is 3. The summed E-state index contributed by atoms with van der Waals surface area (Å²) in [4.78, 5) is 14.4. The predicted octanol–water partition coefficient (Wildman–Crippen LogP) is 1.56. The monoisotopic (exact) mass is 432 g/mol. The normalized spacial score (nSPS) is 24.3. The van der Waals surface area contributed by atoms with Gasteiger partial charge in [-0.2, -0.15) is 0 Å². The van der Waals surface area contributed by atoms with Gasteiger partial charge >= 0.3 is 0 Å². The Morgan fingerprint density at radius 2 is 2.00 bits per heavy atom. The Morgan fingerprint density at radius 1 is 1.19 bits per heavy atom. The van der Waals surface area contributed by atoms with Crippen LogP contribution < -0.4 is 15.0 Å².